The number of hydrogen-bond donors (Lipinski definition) is 2. The first-order valence-corrected chi connectivity index (χ1v) is 10.3. The maximum Gasteiger partial charge on any atom is 0.258 e. The Morgan fingerprint density at radius 1 is 1.26 bits per heavy atom. The van der Waals surface area contributed by atoms with Crippen molar-refractivity contribution in [3.05, 3.63) is 29.8 Å². The Hall–Kier alpha value is -0.850. The molecule has 126 valence electrons. The summed E-state index contributed by atoms with van der Waals surface area (Å²) in [5.41, 5.74) is 7.02. The molecular weight excluding hydrogens is 328 g/mol. The largest absolute Gasteiger partial charge is 0.484 e. The lowest BCUT2D eigenvalue weighted by Crippen LogP contribution is -2.43. The lowest BCUT2D eigenvalue weighted by Gasteiger charge is -2.21. The molecule has 3 N–H and O–H groups in total. The van der Waals surface area contributed by atoms with Crippen molar-refractivity contribution in [3.63, 3.8) is 0 Å². The number of ether oxygens (including phenoxy) is 1. The van der Waals surface area contributed by atoms with Crippen molar-refractivity contribution in [1.29, 1.82) is 0 Å². The van der Waals surface area contributed by atoms with Crippen molar-refractivity contribution in [3.8, 4) is 5.75 Å². The zero-order valence-electron chi connectivity index (χ0n) is 13.2. The van der Waals surface area contributed by atoms with E-state index in [1.807, 2.05) is 35.7 Å². The van der Waals surface area contributed by atoms with Crippen molar-refractivity contribution in [2.24, 2.45) is 11.7 Å². The first kappa shape index (κ1) is 17.0. The molecule has 1 aliphatic heterocycles. The highest BCUT2D eigenvalue weighted by molar-refractivity contribution is 8.16. The number of carbonyl (C=O) groups excluding carboxylic acids is 1. The van der Waals surface area contributed by atoms with Gasteiger partial charge in [-0.3, -0.25) is 4.79 Å². The maximum atomic E-state index is 11.9. The van der Waals surface area contributed by atoms with Gasteiger partial charge < -0.3 is 15.8 Å². The molecule has 1 unspecified atom stereocenters. The molecule has 1 saturated heterocycles. The minimum Gasteiger partial charge on any atom is -0.484 e. The van der Waals surface area contributed by atoms with Gasteiger partial charge in [0.15, 0.2) is 6.61 Å². The second kappa shape index (κ2) is 8.31. The average Bonchev–Trinajstić information content (AvgIpc) is 3.44. The first-order valence-electron chi connectivity index (χ1n) is 8.21. The fourth-order valence-corrected chi connectivity index (χ4v) is 5.56. The number of rotatable bonds is 7. The minimum atomic E-state index is -0.0881. The minimum absolute atomic E-state index is 0.0511. The molecule has 23 heavy (non-hydrogen) atoms. The molecule has 2 aliphatic rings. The Labute approximate surface area is 146 Å². The highest BCUT2D eigenvalue weighted by atomic mass is 32.2. The van der Waals surface area contributed by atoms with Crippen LogP contribution in [0.1, 0.15) is 29.4 Å². The van der Waals surface area contributed by atoms with Crippen LogP contribution in [0.5, 0.6) is 5.75 Å². The van der Waals surface area contributed by atoms with E-state index in [9.17, 15) is 4.79 Å². The van der Waals surface area contributed by atoms with E-state index in [4.69, 9.17) is 10.5 Å². The summed E-state index contributed by atoms with van der Waals surface area (Å²) >= 11 is 4.01. The van der Waals surface area contributed by atoms with Gasteiger partial charge in [-0.1, -0.05) is 12.1 Å². The summed E-state index contributed by atoms with van der Waals surface area (Å²) in [6.07, 6.45) is 3.64. The number of carbonyl (C=O) groups is 1. The average molecular weight is 353 g/mol. The Morgan fingerprint density at radius 3 is 2.57 bits per heavy atom. The first-order chi connectivity index (χ1) is 11.3. The van der Waals surface area contributed by atoms with Gasteiger partial charge in [0.1, 0.15) is 5.75 Å². The van der Waals surface area contributed by atoms with Gasteiger partial charge in [-0.05, 0) is 54.4 Å². The van der Waals surface area contributed by atoms with Gasteiger partial charge in [-0.2, -0.15) is 0 Å². The molecule has 1 atom stereocenters. The molecule has 1 aliphatic carbocycles. The standard InChI is InChI=1S/C17H24N2O2S2/c18-10-15(12-2-3-12)19-16(20)11-21-14-6-4-13(5-7-14)17-22-8-1-9-23-17/h4-7,12,15,17H,1-3,8-11,18H2,(H,19,20). The Bertz CT molecular complexity index is 514. The van der Waals surface area contributed by atoms with E-state index in [2.05, 4.69) is 17.4 Å². The van der Waals surface area contributed by atoms with Gasteiger partial charge in [0.2, 0.25) is 0 Å². The van der Waals surface area contributed by atoms with Crippen LogP contribution in [0, 0.1) is 5.92 Å². The van der Waals surface area contributed by atoms with Crippen molar-refractivity contribution in [2.45, 2.75) is 29.9 Å². The topological polar surface area (TPSA) is 64.3 Å². The Kier molecular flexibility index (Phi) is 6.14. The van der Waals surface area contributed by atoms with Gasteiger partial charge in [0.05, 0.1) is 4.58 Å². The lowest BCUT2D eigenvalue weighted by atomic mass is 10.2. The molecule has 1 amide bonds. The summed E-state index contributed by atoms with van der Waals surface area (Å²) in [6.45, 7) is 0.553. The van der Waals surface area contributed by atoms with Crippen LogP contribution in [-0.4, -0.2) is 36.6 Å². The number of nitrogens with one attached hydrogen (secondary N) is 1. The van der Waals surface area contributed by atoms with Gasteiger partial charge in [-0.15, -0.1) is 23.5 Å². The monoisotopic (exact) mass is 352 g/mol. The number of hydrogen-bond acceptors (Lipinski definition) is 5. The summed E-state index contributed by atoms with van der Waals surface area (Å²) < 4.78 is 6.12. The van der Waals surface area contributed by atoms with Crippen molar-refractivity contribution in [2.75, 3.05) is 24.7 Å². The maximum absolute atomic E-state index is 11.9. The predicted octanol–water partition coefficient (Wildman–Crippen LogP) is 2.79. The molecule has 6 heteroatoms. The van der Waals surface area contributed by atoms with Gasteiger partial charge in [0, 0.05) is 12.6 Å². The van der Waals surface area contributed by atoms with E-state index in [-0.39, 0.29) is 18.6 Å². The van der Waals surface area contributed by atoms with Crippen LogP contribution in [0.25, 0.3) is 0 Å². The quantitative estimate of drug-likeness (QED) is 0.790. The molecule has 1 aromatic rings. The molecule has 4 nitrogen and oxygen atoms in total. The number of thioether (sulfide) groups is 2. The third kappa shape index (κ3) is 5.06. The molecule has 3 rings (SSSR count). The third-order valence-electron chi connectivity index (χ3n) is 4.14. The summed E-state index contributed by atoms with van der Waals surface area (Å²) in [7, 11) is 0. The molecule has 0 spiro atoms. The van der Waals surface area contributed by atoms with Gasteiger partial charge in [-0.25, -0.2) is 0 Å². The van der Waals surface area contributed by atoms with E-state index in [1.54, 1.807) is 0 Å². The van der Waals surface area contributed by atoms with E-state index < -0.39 is 0 Å². The van der Waals surface area contributed by atoms with E-state index >= 15 is 0 Å². The Morgan fingerprint density at radius 2 is 1.96 bits per heavy atom. The van der Waals surface area contributed by atoms with Crippen LogP contribution in [0.3, 0.4) is 0 Å². The molecule has 2 fully saturated rings. The zero-order chi connectivity index (χ0) is 16.1. The number of benzene rings is 1. The molecule has 1 saturated carbocycles. The Balaban J connectivity index is 1.45. The summed E-state index contributed by atoms with van der Waals surface area (Å²) in [5, 5.41) is 2.97. The van der Waals surface area contributed by atoms with E-state index in [1.165, 1.54) is 36.3 Å². The van der Waals surface area contributed by atoms with Gasteiger partial charge in [0.25, 0.3) is 5.91 Å². The van der Waals surface area contributed by atoms with Crippen LogP contribution >= 0.6 is 23.5 Å². The number of amides is 1. The van der Waals surface area contributed by atoms with Crippen molar-refractivity contribution >= 4 is 29.4 Å². The van der Waals surface area contributed by atoms with E-state index in [0.29, 0.717) is 17.0 Å². The fourth-order valence-electron chi connectivity index (χ4n) is 2.67. The second-order valence-corrected chi connectivity index (χ2v) is 8.76. The fraction of sp³-hybridized carbons (Fsp3) is 0.588. The van der Waals surface area contributed by atoms with Crippen LogP contribution in [0.15, 0.2) is 24.3 Å². The highest BCUT2D eigenvalue weighted by Crippen LogP contribution is 2.43. The van der Waals surface area contributed by atoms with Crippen LogP contribution in [0.2, 0.25) is 0 Å². The molecule has 1 heterocycles. The molecular formula is C17H24N2O2S2. The van der Waals surface area contributed by atoms with E-state index in [0.717, 1.165) is 5.75 Å². The lowest BCUT2D eigenvalue weighted by molar-refractivity contribution is -0.123. The number of nitrogens with two attached hydrogens (primary N) is 1. The molecule has 0 radical (unpaired) electrons. The summed E-state index contributed by atoms with van der Waals surface area (Å²) in [6, 6.07) is 8.24. The van der Waals surface area contributed by atoms with Gasteiger partial charge >= 0.3 is 0 Å². The normalized spacial score (nSPS) is 20.0. The zero-order valence-corrected chi connectivity index (χ0v) is 14.8. The second-order valence-electron chi connectivity index (χ2n) is 6.03. The predicted molar refractivity (Wildman–Crippen MR) is 97.9 cm³/mol. The van der Waals surface area contributed by atoms with Crippen LogP contribution < -0.4 is 15.8 Å². The SMILES string of the molecule is NCC(NC(=O)COc1ccc(C2SCCCS2)cc1)C1CC1. The third-order valence-corrected chi connectivity index (χ3v) is 7.16. The molecule has 0 bridgehead atoms. The smallest absolute Gasteiger partial charge is 0.258 e. The van der Waals surface area contributed by atoms with Crippen LogP contribution in [-0.2, 0) is 4.79 Å². The summed E-state index contributed by atoms with van der Waals surface area (Å²) in [5.74, 6) is 3.69. The summed E-state index contributed by atoms with van der Waals surface area (Å²) in [4.78, 5) is 11.9. The molecule has 1 aromatic carbocycles. The van der Waals surface area contributed by atoms with Crippen molar-refractivity contribution < 1.29 is 9.53 Å². The van der Waals surface area contributed by atoms with Crippen LogP contribution in [0.4, 0.5) is 0 Å². The molecule has 0 aromatic heterocycles. The van der Waals surface area contributed by atoms with Crippen molar-refractivity contribution in [1.82, 2.24) is 5.32 Å². The highest BCUT2D eigenvalue weighted by Gasteiger charge is 2.31.